The van der Waals surface area contributed by atoms with Gasteiger partial charge in [-0.1, -0.05) is 0 Å². The monoisotopic (exact) mass is 278 g/mol. The molecule has 4 heteroatoms. The van der Waals surface area contributed by atoms with Gasteiger partial charge in [0.2, 0.25) is 0 Å². The van der Waals surface area contributed by atoms with E-state index in [1.54, 1.807) is 18.2 Å². The predicted molar refractivity (Wildman–Crippen MR) is 82.2 cm³/mol. The molecule has 0 aliphatic carbocycles. The van der Waals surface area contributed by atoms with E-state index in [0.717, 1.165) is 24.9 Å². The third-order valence-corrected chi connectivity index (χ3v) is 3.56. The molecule has 1 aromatic carbocycles. The highest BCUT2D eigenvalue weighted by atomic mass is 16.3. The average Bonchev–Trinajstić information content (AvgIpc) is 2.37. The lowest BCUT2D eigenvalue weighted by Gasteiger charge is -2.20. The van der Waals surface area contributed by atoms with Gasteiger partial charge in [-0.15, -0.1) is 0 Å². The first-order valence-electron chi connectivity index (χ1n) is 7.20. The minimum absolute atomic E-state index is 0.0697. The van der Waals surface area contributed by atoms with E-state index in [1.165, 1.54) is 0 Å². The molecule has 20 heavy (non-hydrogen) atoms. The predicted octanol–water partition coefficient (Wildman–Crippen LogP) is 2.55. The summed E-state index contributed by atoms with van der Waals surface area (Å²) in [4.78, 5) is 14.3. The number of rotatable bonds is 7. The van der Waals surface area contributed by atoms with Crippen LogP contribution in [0.4, 0.5) is 0 Å². The standard InChI is InChI=1S/C16H26N2O2/c1-12(2)18(4)10-6-5-9-17-16(20)15-8-7-14(19)11-13(15)3/h7-8,11-12,19H,5-6,9-10H2,1-4H3,(H,17,20). The molecule has 0 bridgehead atoms. The van der Waals surface area contributed by atoms with Crippen molar-refractivity contribution in [3.8, 4) is 5.75 Å². The molecule has 0 unspecified atom stereocenters. The number of hydrogen-bond donors (Lipinski definition) is 2. The number of amides is 1. The minimum Gasteiger partial charge on any atom is -0.508 e. The van der Waals surface area contributed by atoms with Crippen LogP contribution in [0.1, 0.15) is 42.6 Å². The molecule has 112 valence electrons. The smallest absolute Gasteiger partial charge is 0.251 e. The lowest BCUT2D eigenvalue weighted by molar-refractivity contribution is 0.0952. The Hall–Kier alpha value is -1.55. The zero-order valence-electron chi connectivity index (χ0n) is 12.9. The van der Waals surface area contributed by atoms with Gasteiger partial charge in [-0.25, -0.2) is 0 Å². The van der Waals surface area contributed by atoms with E-state index in [-0.39, 0.29) is 11.7 Å². The lowest BCUT2D eigenvalue weighted by atomic mass is 10.1. The van der Waals surface area contributed by atoms with Gasteiger partial charge in [0.05, 0.1) is 0 Å². The van der Waals surface area contributed by atoms with Crippen LogP contribution in [0.25, 0.3) is 0 Å². The van der Waals surface area contributed by atoms with Gasteiger partial charge in [-0.05, 0) is 71.0 Å². The van der Waals surface area contributed by atoms with Crippen LogP contribution in [0.3, 0.4) is 0 Å². The number of carbonyl (C=O) groups is 1. The molecule has 0 spiro atoms. The van der Waals surface area contributed by atoms with Crippen molar-refractivity contribution in [3.63, 3.8) is 0 Å². The van der Waals surface area contributed by atoms with E-state index in [9.17, 15) is 9.90 Å². The number of unbranched alkanes of at least 4 members (excludes halogenated alkanes) is 1. The van der Waals surface area contributed by atoms with Crippen molar-refractivity contribution in [2.45, 2.75) is 39.7 Å². The molecule has 1 rings (SSSR count). The summed E-state index contributed by atoms with van der Waals surface area (Å²) in [6, 6.07) is 5.36. The highest BCUT2D eigenvalue weighted by Crippen LogP contribution is 2.15. The van der Waals surface area contributed by atoms with Crippen LogP contribution in [-0.4, -0.2) is 42.1 Å². The molecule has 2 N–H and O–H groups in total. The van der Waals surface area contributed by atoms with Gasteiger partial charge < -0.3 is 15.3 Å². The quantitative estimate of drug-likeness (QED) is 0.754. The average molecular weight is 278 g/mol. The summed E-state index contributed by atoms with van der Waals surface area (Å²) < 4.78 is 0. The first-order chi connectivity index (χ1) is 9.41. The van der Waals surface area contributed by atoms with Gasteiger partial charge in [-0.3, -0.25) is 4.79 Å². The molecule has 4 nitrogen and oxygen atoms in total. The number of aromatic hydroxyl groups is 1. The molecule has 0 heterocycles. The van der Waals surface area contributed by atoms with Gasteiger partial charge >= 0.3 is 0 Å². The summed E-state index contributed by atoms with van der Waals surface area (Å²) in [6.45, 7) is 7.91. The van der Waals surface area contributed by atoms with Crippen LogP contribution >= 0.6 is 0 Å². The molecule has 0 aliphatic heterocycles. The van der Waals surface area contributed by atoms with Gasteiger partial charge in [0.15, 0.2) is 0 Å². The fourth-order valence-corrected chi connectivity index (χ4v) is 1.94. The Morgan fingerprint density at radius 3 is 2.65 bits per heavy atom. The number of aryl methyl sites for hydroxylation is 1. The van der Waals surface area contributed by atoms with Crippen molar-refractivity contribution >= 4 is 5.91 Å². The number of phenolic OH excluding ortho intramolecular Hbond substituents is 1. The van der Waals surface area contributed by atoms with Crippen molar-refractivity contribution < 1.29 is 9.90 Å². The zero-order chi connectivity index (χ0) is 15.1. The fourth-order valence-electron chi connectivity index (χ4n) is 1.94. The maximum atomic E-state index is 12.0. The van der Waals surface area contributed by atoms with Crippen LogP contribution in [-0.2, 0) is 0 Å². The first-order valence-corrected chi connectivity index (χ1v) is 7.20. The van der Waals surface area contributed by atoms with Gasteiger partial charge in [0, 0.05) is 18.2 Å². The Kier molecular flexibility index (Phi) is 6.52. The number of hydrogen-bond acceptors (Lipinski definition) is 3. The largest absolute Gasteiger partial charge is 0.508 e. The maximum Gasteiger partial charge on any atom is 0.251 e. The molecule has 0 saturated carbocycles. The van der Waals surface area contributed by atoms with Crippen LogP contribution < -0.4 is 5.32 Å². The fraction of sp³-hybridized carbons (Fsp3) is 0.562. The molecule has 0 saturated heterocycles. The van der Waals surface area contributed by atoms with E-state index >= 15 is 0 Å². The van der Waals surface area contributed by atoms with Crippen molar-refractivity contribution in [1.29, 1.82) is 0 Å². The number of phenols is 1. The third kappa shape index (κ3) is 5.21. The van der Waals surface area contributed by atoms with E-state index in [2.05, 4.69) is 31.1 Å². The second kappa shape index (κ2) is 7.90. The highest BCUT2D eigenvalue weighted by molar-refractivity contribution is 5.95. The van der Waals surface area contributed by atoms with Crippen LogP contribution in [0.5, 0.6) is 5.75 Å². The molecule has 0 aromatic heterocycles. The summed E-state index contributed by atoms with van der Waals surface area (Å²) in [5.41, 5.74) is 1.42. The molecule has 0 radical (unpaired) electrons. The van der Waals surface area contributed by atoms with Crippen molar-refractivity contribution in [3.05, 3.63) is 29.3 Å². The number of benzene rings is 1. The van der Waals surface area contributed by atoms with Gasteiger partial charge in [-0.2, -0.15) is 0 Å². The Bertz CT molecular complexity index is 444. The molecule has 0 atom stereocenters. The Labute approximate surface area is 121 Å². The summed E-state index contributed by atoms with van der Waals surface area (Å²) in [5, 5.41) is 12.2. The van der Waals surface area contributed by atoms with Crippen molar-refractivity contribution in [2.75, 3.05) is 20.1 Å². The van der Waals surface area contributed by atoms with Crippen LogP contribution in [0, 0.1) is 6.92 Å². The molecule has 0 fully saturated rings. The van der Waals surface area contributed by atoms with Crippen LogP contribution in [0.15, 0.2) is 18.2 Å². The summed E-state index contributed by atoms with van der Waals surface area (Å²) in [5.74, 6) is 0.121. The Balaban J connectivity index is 2.30. The number of nitrogens with one attached hydrogen (secondary N) is 1. The molecule has 1 aromatic rings. The van der Waals surface area contributed by atoms with E-state index in [0.29, 0.717) is 18.2 Å². The SMILES string of the molecule is Cc1cc(O)ccc1C(=O)NCCCCN(C)C(C)C. The summed E-state index contributed by atoms with van der Waals surface area (Å²) >= 11 is 0. The summed E-state index contributed by atoms with van der Waals surface area (Å²) in [6.07, 6.45) is 2.05. The molecular formula is C16H26N2O2. The molecule has 0 aliphatic rings. The second-order valence-electron chi connectivity index (χ2n) is 5.54. The van der Waals surface area contributed by atoms with E-state index in [1.807, 2.05) is 6.92 Å². The van der Waals surface area contributed by atoms with E-state index < -0.39 is 0 Å². The summed E-state index contributed by atoms with van der Waals surface area (Å²) in [7, 11) is 2.11. The molecular weight excluding hydrogens is 252 g/mol. The zero-order valence-corrected chi connectivity index (χ0v) is 12.9. The van der Waals surface area contributed by atoms with Gasteiger partial charge in [0.1, 0.15) is 5.75 Å². The Morgan fingerprint density at radius 2 is 2.05 bits per heavy atom. The topological polar surface area (TPSA) is 52.6 Å². The molecule has 1 amide bonds. The normalized spacial score (nSPS) is 11.1. The number of nitrogens with zero attached hydrogens (tertiary/aromatic N) is 1. The van der Waals surface area contributed by atoms with E-state index in [4.69, 9.17) is 0 Å². The first kappa shape index (κ1) is 16.5. The van der Waals surface area contributed by atoms with Crippen molar-refractivity contribution in [1.82, 2.24) is 10.2 Å². The highest BCUT2D eigenvalue weighted by Gasteiger charge is 2.08. The minimum atomic E-state index is -0.0697. The van der Waals surface area contributed by atoms with Gasteiger partial charge in [0.25, 0.3) is 5.91 Å². The number of carbonyl (C=O) groups excluding carboxylic acids is 1. The second-order valence-corrected chi connectivity index (χ2v) is 5.54. The van der Waals surface area contributed by atoms with Crippen LogP contribution in [0.2, 0.25) is 0 Å². The third-order valence-electron chi connectivity index (χ3n) is 3.56. The lowest BCUT2D eigenvalue weighted by Crippen LogP contribution is -2.29. The van der Waals surface area contributed by atoms with Crippen molar-refractivity contribution in [2.24, 2.45) is 0 Å². The Morgan fingerprint density at radius 1 is 1.35 bits per heavy atom. The maximum absolute atomic E-state index is 12.0.